The molecule has 2 aliphatic heterocycles. The average molecular weight is 545 g/mol. The van der Waals surface area contributed by atoms with Gasteiger partial charge in [0.05, 0.1) is 24.2 Å². The number of likely N-dealkylation sites (N-methyl/N-ethyl adjacent to an activating group) is 1. The molecule has 0 N–H and O–H groups in total. The number of amides is 1. The first-order valence-corrected chi connectivity index (χ1v) is 14.5. The average Bonchev–Trinajstić information content (AvgIpc) is 3.54. The number of nitriles is 1. The largest absolute Gasteiger partial charge is 0.462 e. The molecule has 1 amide bonds. The van der Waals surface area contributed by atoms with E-state index in [1.807, 2.05) is 0 Å². The highest BCUT2D eigenvalue weighted by Gasteiger charge is 2.43. The molecule has 2 fully saturated rings. The predicted molar refractivity (Wildman–Crippen MR) is 150 cm³/mol. The summed E-state index contributed by atoms with van der Waals surface area (Å²) >= 11 is 0. The summed E-state index contributed by atoms with van der Waals surface area (Å²) in [5.74, 6) is -0.906. The minimum absolute atomic E-state index is 0.0775. The van der Waals surface area contributed by atoms with Crippen LogP contribution in [0.2, 0.25) is 0 Å². The Kier molecular flexibility index (Phi) is 7.22. The number of nitrogens with zero attached hydrogens (tertiary/aromatic N) is 6. The fraction of sp³-hybridized carbons (Fsp3) is 0.548. The molecule has 9 heteroatoms. The summed E-state index contributed by atoms with van der Waals surface area (Å²) in [6, 6.07) is 11.3. The molecule has 2 aliphatic carbocycles. The number of benzene rings is 1. The summed E-state index contributed by atoms with van der Waals surface area (Å²) in [4.78, 5) is 28.3. The molecule has 6 rings (SSSR count). The molecule has 1 aromatic carbocycles. The fourth-order valence-corrected chi connectivity index (χ4v) is 7.32. The minimum Gasteiger partial charge on any atom is -0.462 e. The van der Waals surface area contributed by atoms with Crippen LogP contribution in [0.4, 0.5) is 10.2 Å². The van der Waals surface area contributed by atoms with Gasteiger partial charge in [-0.2, -0.15) is 15.2 Å². The topological polar surface area (TPSA) is 85.6 Å². The van der Waals surface area contributed by atoms with E-state index in [4.69, 9.17) is 14.7 Å². The quantitative estimate of drug-likeness (QED) is 0.512. The molecule has 2 aromatic rings. The molecule has 0 bridgehead atoms. The van der Waals surface area contributed by atoms with Crippen LogP contribution >= 0.6 is 0 Å². The third-order valence-electron chi connectivity index (χ3n) is 9.55. The van der Waals surface area contributed by atoms with E-state index < -0.39 is 17.8 Å². The number of aromatic nitrogens is 2. The molecular formula is C31H37FN6O2. The molecule has 210 valence electrons. The first-order chi connectivity index (χ1) is 19.4. The summed E-state index contributed by atoms with van der Waals surface area (Å²) in [7, 11) is 2.13. The summed E-state index contributed by atoms with van der Waals surface area (Å²) < 4.78 is 20.0. The number of piperazine rings is 1. The van der Waals surface area contributed by atoms with Gasteiger partial charge in [-0.05, 0) is 69.7 Å². The fourth-order valence-electron chi connectivity index (χ4n) is 7.32. The lowest BCUT2D eigenvalue weighted by atomic mass is 9.69. The third-order valence-corrected chi connectivity index (χ3v) is 9.55. The number of ether oxygens (including phenoxy) is 1. The zero-order chi connectivity index (χ0) is 27.9. The summed E-state index contributed by atoms with van der Waals surface area (Å²) in [5, 5.41) is 9.47. The van der Waals surface area contributed by atoms with Crippen molar-refractivity contribution in [1.82, 2.24) is 19.8 Å². The lowest BCUT2D eigenvalue weighted by Crippen LogP contribution is -2.55. The molecule has 1 unspecified atom stereocenters. The lowest BCUT2D eigenvalue weighted by molar-refractivity contribution is -0.131. The molecule has 3 heterocycles. The van der Waals surface area contributed by atoms with Crippen molar-refractivity contribution in [2.24, 2.45) is 0 Å². The Morgan fingerprint density at radius 2 is 2.02 bits per heavy atom. The van der Waals surface area contributed by atoms with Gasteiger partial charge in [0.15, 0.2) is 5.83 Å². The predicted octanol–water partition coefficient (Wildman–Crippen LogP) is 3.74. The van der Waals surface area contributed by atoms with Crippen molar-refractivity contribution in [2.75, 3.05) is 44.7 Å². The number of likely N-dealkylation sites (tertiary alicyclic amines) is 1. The maximum Gasteiger partial charge on any atom is 0.318 e. The summed E-state index contributed by atoms with van der Waals surface area (Å²) in [6.45, 7) is 5.98. The Hall–Kier alpha value is -3.51. The Morgan fingerprint density at radius 3 is 2.80 bits per heavy atom. The van der Waals surface area contributed by atoms with Crippen LogP contribution in [0.5, 0.6) is 6.01 Å². The molecule has 3 atom stereocenters. The first-order valence-electron chi connectivity index (χ1n) is 14.5. The number of rotatable bonds is 6. The second-order valence-electron chi connectivity index (χ2n) is 11.8. The van der Waals surface area contributed by atoms with E-state index in [2.05, 4.69) is 53.8 Å². The van der Waals surface area contributed by atoms with E-state index in [-0.39, 0.29) is 11.8 Å². The molecule has 2 saturated heterocycles. The molecule has 0 saturated carbocycles. The SMILES string of the molecule is C=C(F)C(=O)N1CCN(c2nc(OC[C@@H]3CCCN3C)nc3c2CCC2(CCc4ccccc42)C3)C[C@@H]1CC#N. The molecular weight excluding hydrogens is 507 g/mol. The maximum absolute atomic E-state index is 13.8. The number of hydrogen-bond donors (Lipinski definition) is 0. The number of aryl methyl sites for hydroxylation is 1. The Labute approximate surface area is 235 Å². The second-order valence-corrected chi connectivity index (χ2v) is 11.8. The molecule has 1 aromatic heterocycles. The monoisotopic (exact) mass is 544 g/mol. The van der Waals surface area contributed by atoms with Gasteiger partial charge in [-0.3, -0.25) is 4.79 Å². The lowest BCUT2D eigenvalue weighted by Gasteiger charge is -2.42. The van der Waals surface area contributed by atoms with Gasteiger partial charge in [0.25, 0.3) is 5.91 Å². The van der Waals surface area contributed by atoms with Crippen LogP contribution in [-0.2, 0) is 29.5 Å². The number of carbonyl (C=O) groups is 1. The van der Waals surface area contributed by atoms with E-state index >= 15 is 0 Å². The molecule has 0 radical (unpaired) electrons. The zero-order valence-corrected chi connectivity index (χ0v) is 23.2. The van der Waals surface area contributed by atoms with Crippen molar-refractivity contribution in [3.63, 3.8) is 0 Å². The van der Waals surface area contributed by atoms with E-state index in [0.717, 1.165) is 68.6 Å². The van der Waals surface area contributed by atoms with Crippen LogP contribution in [0.3, 0.4) is 0 Å². The van der Waals surface area contributed by atoms with Crippen LogP contribution in [0, 0.1) is 11.3 Å². The van der Waals surface area contributed by atoms with Gasteiger partial charge in [-0.1, -0.05) is 30.8 Å². The maximum atomic E-state index is 13.8. The normalized spacial score (nSPS) is 25.9. The van der Waals surface area contributed by atoms with Crippen molar-refractivity contribution in [2.45, 2.75) is 68.9 Å². The zero-order valence-electron chi connectivity index (χ0n) is 23.2. The molecule has 40 heavy (non-hydrogen) atoms. The van der Waals surface area contributed by atoms with Crippen molar-refractivity contribution in [3.8, 4) is 12.1 Å². The van der Waals surface area contributed by atoms with Gasteiger partial charge < -0.3 is 19.4 Å². The van der Waals surface area contributed by atoms with E-state index in [1.165, 1.54) is 16.0 Å². The number of carbonyl (C=O) groups excluding carboxylic acids is 1. The Balaban J connectivity index is 1.33. The minimum atomic E-state index is -0.995. The molecule has 1 spiro atoms. The van der Waals surface area contributed by atoms with Crippen LogP contribution in [0.25, 0.3) is 0 Å². The smallest absolute Gasteiger partial charge is 0.318 e. The highest BCUT2D eigenvalue weighted by molar-refractivity contribution is 5.91. The first kappa shape index (κ1) is 26.7. The number of anilines is 1. The number of fused-ring (bicyclic) bond motifs is 3. The highest BCUT2D eigenvalue weighted by Crippen LogP contribution is 2.48. The van der Waals surface area contributed by atoms with Gasteiger partial charge >= 0.3 is 6.01 Å². The van der Waals surface area contributed by atoms with Crippen molar-refractivity contribution in [3.05, 3.63) is 59.1 Å². The van der Waals surface area contributed by atoms with E-state index in [0.29, 0.717) is 38.3 Å². The third kappa shape index (κ3) is 4.83. The van der Waals surface area contributed by atoms with Gasteiger partial charge in [-0.25, -0.2) is 4.39 Å². The van der Waals surface area contributed by atoms with Gasteiger partial charge in [-0.15, -0.1) is 0 Å². The van der Waals surface area contributed by atoms with Crippen molar-refractivity contribution < 1.29 is 13.9 Å². The standard InChI is InChI=1S/C31H37FN6O2/c1-21(32)29(39)38-17-16-37(19-23(38)11-14-33)28-25-10-13-31(12-9-22-6-3-4-8-26(22)31)18-27(25)34-30(35-28)40-20-24-7-5-15-36(24)2/h3-4,6,8,23-24H,1,5,7,9-13,15-20H2,2H3/t23-,24-,31?/m0/s1. The van der Waals surface area contributed by atoms with Gasteiger partial charge in [0, 0.05) is 36.7 Å². The number of halogens is 1. The van der Waals surface area contributed by atoms with E-state index in [9.17, 15) is 14.4 Å². The van der Waals surface area contributed by atoms with Crippen molar-refractivity contribution >= 4 is 11.7 Å². The van der Waals surface area contributed by atoms with E-state index in [1.54, 1.807) is 0 Å². The van der Waals surface area contributed by atoms with Gasteiger partial charge in [0.1, 0.15) is 12.4 Å². The second kappa shape index (κ2) is 10.8. The van der Waals surface area contributed by atoms with Crippen molar-refractivity contribution in [1.29, 1.82) is 5.26 Å². The summed E-state index contributed by atoms with van der Waals surface area (Å²) in [6.07, 6.45) is 7.31. The van der Waals surface area contributed by atoms with Crippen LogP contribution in [0.15, 0.2) is 36.7 Å². The van der Waals surface area contributed by atoms with Gasteiger partial charge in [0.2, 0.25) is 0 Å². The molecule has 8 nitrogen and oxygen atoms in total. The van der Waals surface area contributed by atoms with Crippen LogP contribution < -0.4 is 9.64 Å². The number of hydrogen-bond acceptors (Lipinski definition) is 7. The van der Waals surface area contributed by atoms with Crippen LogP contribution in [-0.4, -0.2) is 77.6 Å². The highest BCUT2D eigenvalue weighted by atomic mass is 19.1. The molecule has 4 aliphatic rings. The Bertz CT molecular complexity index is 1360. The van der Waals surface area contributed by atoms with Crippen LogP contribution in [0.1, 0.15) is 54.5 Å². The summed E-state index contributed by atoms with van der Waals surface area (Å²) in [5.41, 5.74) is 5.13. The Morgan fingerprint density at radius 1 is 1.20 bits per heavy atom.